The Hall–Kier alpha value is -1.55. The van der Waals surface area contributed by atoms with Crippen molar-refractivity contribution in [3.63, 3.8) is 0 Å². The lowest BCUT2D eigenvalue weighted by Gasteiger charge is -2.21. The van der Waals surface area contributed by atoms with Crippen LogP contribution in [0.3, 0.4) is 0 Å². The molecule has 0 bridgehead atoms. The lowest BCUT2D eigenvalue weighted by molar-refractivity contribution is -0.130. The highest BCUT2D eigenvalue weighted by atomic mass is 16.5. The van der Waals surface area contributed by atoms with E-state index in [1.54, 1.807) is 26.1 Å². The summed E-state index contributed by atoms with van der Waals surface area (Å²) in [7, 11) is 5.22. The molecule has 1 unspecified atom stereocenters. The molecule has 0 aliphatic heterocycles. The van der Waals surface area contributed by atoms with Crippen LogP contribution in [0.5, 0.6) is 5.75 Å². The molecule has 106 valence electrons. The summed E-state index contributed by atoms with van der Waals surface area (Å²) < 4.78 is 5.25. The number of methoxy groups -OCH3 is 1. The molecular weight excluding hydrogens is 240 g/mol. The van der Waals surface area contributed by atoms with Crippen molar-refractivity contribution in [3.8, 4) is 5.75 Å². The first-order valence-corrected chi connectivity index (χ1v) is 6.57. The molecule has 0 saturated carbocycles. The molecule has 1 rings (SSSR count). The van der Waals surface area contributed by atoms with E-state index in [-0.39, 0.29) is 11.8 Å². The van der Waals surface area contributed by atoms with Gasteiger partial charge in [0.1, 0.15) is 5.75 Å². The Morgan fingerprint density at radius 3 is 2.58 bits per heavy atom. The van der Waals surface area contributed by atoms with Crippen molar-refractivity contribution < 1.29 is 9.53 Å². The largest absolute Gasteiger partial charge is 0.496 e. The highest BCUT2D eigenvalue weighted by molar-refractivity contribution is 5.83. The number of carbonyl (C=O) groups excluding carboxylic acids is 1. The van der Waals surface area contributed by atoms with Gasteiger partial charge < -0.3 is 15.4 Å². The summed E-state index contributed by atoms with van der Waals surface area (Å²) in [5.74, 6) is 0.847. The fraction of sp³-hybridized carbons (Fsp3) is 0.533. The fourth-order valence-electron chi connectivity index (χ4n) is 2.18. The Morgan fingerprint density at radius 2 is 2.11 bits per heavy atom. The summed E-state index contributed by atoms with van der Waals surface area (Å²) in [6, 6.07) is 5.92. The van der Waals surface area contributed by atoms with Crippen molar-refractivity contribution in [3.05, 3.63) is 29.3 Å². The zero-order valence-corrected chi connectivity index (χ0v) is 12.3. The molecule has 2 N–H and O–H groups in total. The van der Waals surface area contributed by atoms with E-state index in [2.05, 4.69) is 0 Å². The third kappa shape index (κ3) is 3.96. The summed E-state index contributed by atoms with van der Waals surface area (Å²) in [6.07, 6.45) is 1.62. The summed E-state index contributed by atoms with van der Waals surface area (Å²) >= 11 is 0. The van der Waals surface area contributed by atoms with Gasteiger partial charge in [0.15, 0.2) is 0 Å². The zero-order valence-electron chi connectivity index (χ0n) is 12.3. The van der Waals surface area contributed by atoms with Crippen LogP contribution in [-0.2, 0) is 4.79 Å². The van der Waals surface area contributed by atoms with Crippen molar-refractivity contribution in [1.29, 1.82) is 0 Å². The number of hydrogen-bond donors (Lipinski definition) is 1. The van der Waals surface area contributed by atoms with E-state index in [9.17, 15) is 4.79 Å². The highest BCUT2D eigenvalue weighted by Crippen LogP contribution is 2.27. The Kier molecular flexibility index (Phi) is 5.83. The monoisotopic (exact) mass is 264 g/mol. The molecule has 1 aromatic carbocycles. The molecule has 0 aliphatic rings. The number of amides is 1. The van der Waals surface area contributed by atoms with E-state index in [0.29, 0.717) is 6.54 Å². The van der Waals surface area contributed by atoms with Gasteiger partial charge in [-0.3, -0.25) is 4.79 Å². The number of nitrogens with two attached hydrogens (primary N) is 1. The van der Waals surface area contributed by atoms with Crippen LogP contribution >= 0.6 is 0 Å². The van der Waals surface area contributed by atoms with Crippen LogP contribution in [0.15, 0.2) is 18.2 Å². The maximum absolute atomic E-state index is 12.3. The fourth-order valence-corrected chi connectivity index (χ4v) is 2.18. The van der Waals surface area contributed by atoms with Gasteiger partial charge in [0, 0.05) is 14.1 Å². The molecule has 4 heteroatoms. The van der Waals surface area contributed by atoms with Gasteiger partial charge >= 0.3 is 0 Å². The van der Waals surface area contributed by atoms with Crippen LogP contribution in [0.2, 0.25) is 0 Å². The Bertz CT molecular complexity index is 430. The molecule has 0 fully saturated rings. The lowest BCUT2D eigenvalue weighted by atomic mass is 9.91. The Balaban J connectivity index is 3.03. The number of benzene rings is 1. The number of rotatable bonds is 6. The van der Waals surface area contributed by atoms with Crippen LogP contribution in [-0.4, -0.2) is 38.6 Å². The summed E-state index contributed by atoms with van der Waals surface area (Å²) in [5.41, 5.74) is 7.64. The van der Waals surface area contributed by atoms with Gasteiger partial charge in [0.05, 0.1) is 13.0 Å². The van der Waals surface area contributed by atoms with Crippen LogP contribution in [0.4, 0.5) is 0 Å². The third-order valence-corrected chi connectivity index (χ3v) is 3.26. The number of ether oxygens (including phenoxy) is 1. The molecule has 1 aromatic rings. The van der Waals surface area contributed by atoms with Gasteiger partial charge in [-0.1, -0.05) is 12.1 Å². The number of hydrogen-bond acceptors (Lipinski definition) is 3. The number of likely N-dealkylation sites (N-methyl/N-ethyl adjacent to an activating group) is 1. The second-order valence-corrected chi connectivity index (χ2v) is 4.95. The SMILES string of the molecule is COc1ccc(C(CCCN)C(=O)N(C)C)cc1C. The molecule has 4 nitrogen and oxygen atoms in total. The third-order valence-electron chi connectivity index (χ3n) is 3.26. The molecule has 1 atom stereocenters. The maximum Gasteiger partial charge on any atom is 0.229 e. The van der Waals surface area contributed by atoms with Crippen LogP contribution in [0, 0.1) is 6.92 Å². The van der Waals surface area contributed by atoms with Crippen molar-refractivity contribution in [2.45, 2.75) is 25.7 Å². The number of aryl methyl sites for hydroxylation is 1. The van der Waals surface area contributed by atoms with Gasteiger partial charge in [-0.25, -0.2) is 0 Å². The van der Waals surface area contributed by atoms with Gasteiger partial charge in [0.2, 0.25) is 5.91 Å². The molecule has 0 aromatic heterocycles. The first kappa shape index (κ1) is 15.5. The molecule has 0 heterocycles. The quantitative estimate of drug-likeness (QED) is 0.854. The molecule has 0 aliphatic carbocycles. The predicted molar refractivity (Wildman–Crippen MR) is 77.5 cm³/mol. The van der Waals surface area contributed by atoms with E-state index >= 15 is 0 Å². The van der Waals surface area contributed by atoms with Gasteiger partial charge in [-0.05, 0) is 43.5 Å². The average Bonchev–Trinajstić information content (AvgIpc) is 2.39. The normalized spacial score (nSPS) is 12.1. The molecule has 19 heavy (non-hydrogen) atoms. The molecule has 0 saturated heterocycles. The summed E-state index contributed by atoms with van der Waals surface area (Å²) in [4.78, 5) is 13.9. The smallest absolute Gasteiger partial charge is 0.229 e. The van der Waals surface area contributed by atoms with Crippen molar-refractivity contribution in [2.75, 3.05) is 27.7 Å². The van der Waals surface area contributed by atoms with Crippen LogP contribution < -0.4 is 10.5 Å². The minimum atomic E-state index is -0.122. The first-order valence-electron chi connectivity index (χ1n) is 6.57. The van der Waals surface area contributed by atoms with Gasteiger partial charge in [-0.2, -0.15) is 0 Å². The van der Waals surface area contributed by atoms with Crippen molar-refractivity contribution in [1.82, 2.24) is 4.90 Å². The van der Waals surface area contributed by atoms with E-state index in [4.69, 9.17) is 10.5 Å². The second-order valence-electron chi connectivity index (χ2n) is 4.95. The zero-order chi connectivity index (χ0) is 14.4. The minimum Gasteiger partial charge on any atom is -0.496 e. The van der Waals surface area contributed by atoms with Gasteiger partial charge in [-0.15, -0.1) is 0 Å². The molecule has 0 spiro atoms. The highest BCUT2D eigenvalue weighted by Gasteiger charge is 2.22. The molecule has 0 radical (unpaired) electrons. The van der Waals surface area contributed by atoms with Gasteiger partial charge in [0.25, 0.3) is 0 Å². The van der Waals surface area contributed by atoms with E-state index < -0.39 is 0 Å². The van der Waals surface area contributed by atoms with Crippen LogP contribution in [0.25, 0.3) is 0 Å². The number of nitrogens with zero attached hydrogens (tertiary/aromatic N) is 1. The Labute approximate surface area is 115 Å². The molecule has 1 amide bonds. The lowest BCUT2D eigenvalue weighted by Crippen LogP contribution is -2.28. The molecular formula is C15H24N2O2. The average molecular weight is 264 g/mol. The first-order chi connectivity index (χ1) is 9.01. The van der Waals surface area contributed by atoms with Crippen LogP contribution in [0.1, 0.15) is 29.9 Å². The van der Waals surface area contributed by atoms with Crippen molar-refractivity contribution >= 4 is 5.91 Å². The van der Waals surface area contributed by atoms with E-state index in [0.717, 1.165) is 29.7 Å². The predicted octanol–water partition coefficient (Wildman–Crippen LogP) is 1.91. The topological polar surface area (TPSA) is 55.6 Å². The van der Waals surface area contributed by atoms with Crippen molar-refractivity contribution in [2.24, 2.45) is 5.73 Å². The maximum atomic E-state index is 12.3. The van der Waals surface area contributed by atoms with E-state index in [1.165, 1.54) is 0 Å². The Morgan fingerprint density at radius 1 is 1.42 bits per heavy atom. The standard InChI is InChI=1S/C15H24N2O2/c1-11-10-12(7-8-14(11)19-4)13(6-5-9-16)15(18)17(2)3/h7-8,10,13H,5-6,9,16H2,1-4H3. The number of carbonyl (C=O) groups is 1. The second kappa shape index (κ2) is 7.14. The van der Waals surface area contributed by atoms with E-state index in [1.807, 2.05) is 25.1 Å². The summed E-state index contributed by atoms with van der Waals surface area (Å²) in [6.45, 7) is 2.59. The minimum absolute atomic E-state index is 0.122. The summed E-state index contributed by atoms with van der Waals surface area (Å²) in [5, 5.41) is 0.